The Morgan fingerprint density at radius 2 is 1.89 bits per heavy atom. The number of nitrogens with two attached hydrogens (primary N) is 1. The van der Waals surface area contributed by atoms with Gasteiger partial charge in [-0.15, -0.1) is 0 Å². The maximum absolute atomic E-state index is 12.8. The van der Waals surface area contributed by atoms with E-state index in [1.807, 2.05) is 6.07 Å². The molecule has 4 amide bonds. The minimum Gasteiger partial charge on any atom is -0.330 e. The molecule has 0 aromatic heterocycles. The van der Waals surface area contributed by atoms with E-state index in [-0.39, 0.29) is 24.2 Å². The molecule has 8 nitrogen and oxygen atoms in total. The second-order valence-corrected chi connectivity index (χ2v) is 7.63. The van der Waals surface area contributed by atoms with Crippen LogP contribution in [0.15, 0.2) is 18.2 Å². The second-order valence-electron chi connectivity index (χ2n) is 7.63. The number of fused-ring (bicyclic) bond motifs is 1. The smallest absolute Gasteiger partial charge is 0.262 e. The normalized spacial score (nSPS) is 23.4. The molecule has 1 saturated carbocycles. The maximum Gasteiger partial charge on any atom is 0.262 e. The van der Waals surface area contributed by atoms with Gasteiger partial charge in [0, 0.05) is 19.5 Å². The molecule has 1 unspecified atom stereocenters. The third kappa shape index (κ3) is 3.15. The number of piperidine rings is 1. The number of amides is 4. The van der Waals surface area contributed by atoms with Gasteiger partial charge >= 0.3 is 0 Å². The summed E-state index contributed by atoms with van der Waals surface area (Å²) in [5.41, 5.74) is 7.50. The van der Waals surface area contributed by atoms with Crippen LogP contribution in [-0.2, 0) is 16.1 Å². The summed E-state index contributed by atoms with van der Waals surface area (Å²) in [6.45, 7) is 2.07. The quantitative estimate of drug-likeness (QED) is 0.602. The van der Waals surface area contributed by atoms with E-state index in [1.54, 1.807) is 12.1 Å². The summed E-state index contributed by atoms with van der Waals surface area (Å²) >= 11 is 0. The molecule has 2 aliphatic heterocycles. The third-order valence-corrected chi connectivity index (χ3v) is 5.72. The summed E-state index contributed by atoms with van der Waals surface area (Å²) in [5.74, 6) is -1.94. The minimum atomic E-state index is -0.934. The van der Waals surface area contributed by atoms with Gasteiger partial charge in [0.2, 0.25) is 11.8 Å². The summed E-state index contributed by atoms with van der Waals surface area (Å²) in [5, 5.41) is 5.56. The zero-order valence-electron chi connectivity index (χ0n) is 14.9. The van der Waals surface area contributed by atoms with Crippen LogP contribution < -0.4 is 16.4 Å². The highest BCUT2D eigenvalue weighted by Gasteiger charge is 2.44. The molecule has 0 radical (unpaired) electrons. The van der Waals surface area contributed by atoms with Crippen LogP contribution in [0, 0.1) is 5.41 Å². The Morgan fingerprint density at radius 3 is 2.56 bits per heavy atom. The van der Waals surface area contributed by atoms with E-state index in [1.165, 1.54) is 0 Å². The van der Waals surface area contributed by atoms with Crippen molar-refractivity contribution in [2.24, 2.45) is 11.1 Å². The van der Waals surface area contributed by atoms with Crippen molar-refractivity contribution >= 4 is 23.6 Å². The van der Waals surface area contributed by atoms with Crippen molar-refractivity contribution in [1.82, 2.24) is 15.5 Å². The van der Waals surface area contributed by atoms with E-state index in [4.69, 9.17) is 5.73 Å². The summed E-state index contributed by atoms with van der Waals surface area (Å²) in [6, 6.07) is 4.22. The van der Waals surface area contributed by atoms with Crippen molar-refractivity contribution < 1.29 is 19.2 Å². The fourth-order valence-electron chi connectivity index (χ4n) is 3.73. The van der Waals surface area contributed by atoms with Gasteiger partial charge in [-0.2, -0.15) is 0 Å². The van der Waals surface area contributed by atoms with E-state index < -0.39 is 23.8 Å². The van der Waals surface area contributed by atoms with Crippen LogP contribution >= 0.6 is 0 Å². The molecule has 0 spiro atoms. The lowest BCUT2D eigenvalue weighted by molar-refractivity contribution is -0.136. The van der Waals surface area contributed by atoms with E-state index >= 15 is 0 Å². The molecular formula is C19H22N4O4. The third-order valence-electron chi connectivity index (χ3n) is 5.72. The first-order valence-electron chi connectivity index (χ1n) is 9.19. The number of carbonyl (C=O) groups excluding carboxylic acids is 4. The van der Waals surface area contributed by atoms with Gasteiger partial charge in [-0.05, 0) is 48.9 Å². The number of nitrogens with one attached hydrogen (secondary N) is 2. The number of hydrogen-bond donors (Lipinski definition) is 3. The second kappa shape index (κ2) is 6.54. The van der Waals surface area contributed by atoms with Crippen molar-refractivity contribution in [2.45, 2.75) is 38.3 Å². The lowest BCUT2D eigenvalue weighted by atomic mass is 10.0. The van der Waals surface area contributed by atoms with Crippen molar-refractivity contribution in [3.8, 4) is 0 Å². The molecule has 2 fully saturated rings. The summed E-state index contributed by atoms with van der Waals surface area (Å²) < 4.78 is 0. The lowest BCUT2D eigenvalue weighted by Gasteiger charge is -2.27. The number of carbonyl (C=O) groups is 4. The van der Waals surface area contributed by atoms with Crippen LogP contribution in [0.4, 0.5) is 0 Å². The molecular weight excluding hydrogens is 348 g/mol. The van der Waals surface area contributed by atoms with E-state index in [2.05, 4.69) is 10.6 Å². The first-order valence-corrected chi connectivity index (χ1v) is 9.19. The molecule has 142 valence electrons. The number of imide groups is 2. The summed E-state index contributed by atoms with van der Waals surface area (Å²) in [7, 11) is 0. The molecule has 27 heavy (non-hydrogen) atoms. The Kier molecular flexibility index (Phi) is 4.32. The molecule has 0 bridgehead atoms. The summed E-state index contributed by atoms with van der Waals surface area (Å²) in [6.07, 6.45) is 2.54. The maximum atomic E-state index is 12.8. The predicted molar refractivity (Wildman–Crippen MR) is 95.5 cm³/mol. The molecule has 4 rings (SSSR count). The SMILES string of the molecule is NCC1(CNCc2ccc3c(c2)C(=O)N(C2CCC(=O)NC2=O)C3=O)CC1. The Labute approximate surface area is 156 Å². The van der Waals surface area contributed by atoms with Crippen molar-refractivity contribution in [3.05, 3.63) is 34.9 Å². The van der Waals surface area contributed by atoms with Crippen LogP contribution in [0.3, 0.4) is 0 Å². The van der Waals surface area contributed by atoms with Gasteiger partial charge in [0.1, 0.15) is 6.04 Å². The number of benzene rings is 1. The van der Waals surface area contributed by atoms with Crippen molar-refractivity contribution in [3.63, 3.8) is 0 Å². The Balaban J connectivity index is 1.48. The Hall–Kier alpha value is -2.58. The number of hydrogen-bond acceptors (Lipinski definition) is 6. The minimum absolute atomic E-state index is 0.113. The van der Waals surface area contributed by atoms with Gasteiger partial charge in [-0.1, -0.05) is 6.07 Å². The average molecular weight is 370 g/mol. The standard InChI is InChI=1S/C19H22N4O4/c20-9-19(5-6-19)10-21-8-11-1-2-12-13(7-11)18(27)23(17(12)26)14-3-4-15(24)22-16(14)25/h1-2,7,14,21H,3-6,8-10,20H2,(H,22,24,25). The number of nitrogens with zero attached hydrogens (tertiary/aromatic N) is 1. The van der Waals surface area contributed by atoms with Gasteiger partial charge in [-0.3, -0.25) is 29.4 Å². The molecule has 1 atom stereocenters. The number of rotatable bonds is 6. The first-order chi connectivity index (χ1) is 12.9. The van der Waals surface area contributed by atoms with E-state index in [0.717, 1.165) is 29.8 Å². The van der Waals surface area contributed by atoms with Crippen LogP contribution in [-0.4, -0.2) is 47.7 Å². The molecule has 1 aromatic carbocycles. The molecule has 2 heterocycles. The molecule has 3 aliphatic rings. The van der Waals surface area contributed by atoms with Gasteiger partial charge in [0.05, 0.1) is 11.1 Å². The summed E-state index contributed by atoms with van der Waals surface area (Å²) in [4.78, 5) is 49.8. The topological polar surface area (TPSA) is 122 Å². The van der Waals surface area contributed by atoms with Gasteiger partial charge in [0.15, 0.2) is 0 Å². The van der Waals surface area contributed by atoms with Crippen molar-refractivity contribution in [1.29, 1.82) is 0 Å². The fraction of sp³-hybridized carbons (Fsp3) is 0.474. The van der Waals surface area contributed by atoms with Crippen LogP contribution in [0.5, 0.6) is 0 Å². The Morgan fingerprint density at radius 1 is 1.15 bits per heavy atom. The van der Waals surface area contributed by atoms with Gasteiger partial charge in [-0.25, -0.2) is 0 Å². The fourth-order valence-corrected chi connectivity index (χ4v) is 3.73. The highest BCUT2D eigenvalue weighted by atomic mass is 16.2. The zero-order chi connectivity index (χ0) is 19.2. The van der Waals surface area contributed by atoms with Crippen LogP contribution in [0.25, 0.3) is 0 Å². The largest absolute Gasteiger partial charge is 0.330 e. The first kappa shape index (κ1) is 17.8. The molecule has 8 heteroatoms. The van der Waals surface area contributed by atoms with Crippen LogP contribution in [0.2, 0.25) is 0 Å². The molecule has 1 aromatic rings. The highest BCUT2D eigenvalue weighted by Crippen LogP contribution is 2.43. The average Bonchev–Trinajstić information content (AvgIpc) is 3.39. The molecule has 4 N–H and O–H groups in total. The van der Waals surface area contributed by atoms with Crippen LogP contribution in [0.1, 0.15) is 52.0 Å². The van der Waals surface area contributed by atoms with E-state index in [9.17, 15) is 19.2 Å². The lowest BCUT2D eigenvalue weighted by Crippen LogP contribution is -2.54. The molecule has 1 saturated heterocycles. The van der Waals surface area contributed by atoms with Gasteiger partial charge in [0.25, 0.3) is 11.8 Å². The monoisotopic (exact) mass is 370 g/mol. The highest BCUT2D eigenvalue weighted by molar-refractivity contribution is 6.23. The Bertz CT molecular complexity index is 846. The van der Waals surface area contributed by atoms with Gasteiger partial charge < -0.3 is 11.1 Å². The molecule has 1 aliphatic carbocycles. The van der Waals surface area contributed by atoms with E-state index in [0.29, 0.717) is 24.2 Å². The van der Waals surface area contributed by atoms with Crippen molar-refractivity contribution in [2.75, 3.05) is 13.1 Å². The zero-order valence-corrected chi connectivity index (χ0v) is 14.9. The predicted octanol–water partition coefficient (Wildman–Crippen LogP) is -0.0837.